The van der Waals surface area contributed by atoms with Crippen molar-refractivity contribution >= 4 is 23.2 Å². The molecule has 1 heterocycles. The quantitative estimate of drug-likeness (QED) is 0.561. The summed E-state index contributed by atoms with van der Waals surface area (Å²) < 4.78 is 13.7. The summed E-state index contributed by atoms with van der Waals surface area (Å²) in [5, 5.41) is 0.200. The fourth-order valence-electron chi connectivity index (χ4n) is 1.22. The van der Waals surface area contributed by atoms with Crippen molar-refractivity contribution in [1.82, 2.24) is 9.97 Å². The molecule has 2 aromatic rings. The van der Waals surface area contributed by atoms with Crippen LogP contribution in [0, 0.1) is 17.7 Å². The van der Waals surface area contributed by atoms with Crippen molar-refractivity contribution in [3.8, 4) is 11.8 Å². The molecular formula is C12H8ClFN4. The SMILES string of the molecule is Nc1ncc(C#Cc2c(Cl)ccc(N)c2F)cn1. The Kier molecular flexibility index (Phi) is 3.31. The van der Waals surface area contributed by atoms with E-state index in [0.717, 1.165) is 0 Å². The van der Waals surface area contributed by atoms with Gasteiger partial charge in [0.2, 0.25) is 5.95 Å². The predicted octanol–water partition coefficient (Wildman–Crippen LogP) is 1.83. The number of nitrogens with zero attached hydrogens (tertiary/aromatic N) is 2. The standard InChI is InChI=1S/C12H8ClFN4/c13-9-3-4-10(15)11(14)8(9)2-1-7-5-17-12(16)18-6-7/h3-6H,15H2,(H2,16,17,18). The summed E-state index contributed by atoms with van der Waals surface area (Å²) in [4.78, 5) is 7.53. The number of anilines is 2. The Bertz CT molecular complexity index is 644. The number of aromatic nitrogens is 2. The monoisotopic (exact) mass is 262 g/mol. The zero-order chi connectivity index (χ0) is 13.1. The van der Waals surface area contributed by atoms with E-state index in [2.05, 4.69) is 21.8 Å². The molecular weight excluding hydrogens is 255 g/mol. The van der Waals surface area contributed by atoms with Gasteiger partial charge in [0.15, 0.2) is 5.82 Å². The molecule has 90 valence electrons. The molecule has 1 aromatic carbocycles. The minimum Gasteiger partial charge on any atom is -0.396 e. The summed E-state index contributed by atoms with van der Waals surface area (Å²) in [5.74, 6) is 4.80. The lowest BCUT2D eigenvalue weighted by Gasteiger charge is -2.00. The normalized spacial score (nSPS) is 9.67. The minimum atomic E-state index is -0.633. The third-order valence-electron chi connectivity index (χ3n) is 2.12. The van der Waals surface area contributed by atoms with Crippen LogP contribution in [0.5, 0.6) is 0 Å². The highest BCUT2D eigenvalue weighted by atomic mass is 35.5. The van der Waals surface area contributed by atoms with Gasteiger partial charge >= 0.3 is 0 Å². The van der Waals surface area contributed by atoms with Crippen molar-refractivity contribution in [3.63, 3.8) is 0 Å². The Labute approximate surface area is 108 Å². The van der Waals surface area contributed by atoms with E-state index in [1.54, 1.807) is 0 Å². The summed E-state index contributed by atoms with van der Waals surface area (Å²) in [7, 11) is 0. The highest BCUT2D eigenvalue weighted by Crippen LogP contribution is 2.22. The molecule has 0 fully saturated rings. The van der Waals surface area contributed by atoms with E-state index in [0.29, 0.717) is 5.56 Å². The fraction of sp³-hybridized carbons (Fsp3) is 0. The second kappa shape index (κ2) is 4.90. The summed E-state index contributed by atoms with van der Waals surface area (Å²) in [6.07, 6.45) is 2.88. The van der Waals surface area contributed by atoms with Crippen LogP contribution < -0.4 is 11.5 Å². The highest BCUT2D eigenvalue weighted by molar-refractivity contribution is 6.31. The van der Waals surface area contributed by atoms with Crippen LogP contribution in [0.4, 0.5) is 16.0 Å². The number of halogens is 2. The molecule has 4 nitrogen and oxygen atoms in total. The van der Waals surface area contributed by atoms with Gasteiger partial charge in [-0.15, -0.1) is 0 Å². The Balaban J connectivity index is 2.41. The molecule has 0 aliphatic carbocycles. The van der Waals surface area contributed by atoms with Crippen LogP contribution in [-0.2, 0) is 0 Å². The summed E-state index contributed by atoms with van der Waals surface area (Å²) in [5.41, 5.74) is 11.3. The molecule has 2 rings (SSSR count). The van der Waals surface area contributed by atoms with Gasteiger partial charge in [-0.3, -0.25) is 0 Å². The summed E-state index contributed by atoms with van der Waals surface area (Å²) >= 11 is 5.84. The zero-order valence-corrected chi connectivity index (χ0v) is 9.87. The van der Waals surface area contributed by atoms with Crippen molar-refractivity contribution < 1.29 is 4.39 Å². The lowest BCUT2D eigenvalue weighted by atomic mass is 10.2. The van der Waals surface area contributed by atoms with E-state index in [9.17, 15) is 4.39 Å². The molecule has 18 heavy (non-hydrogen) atoms. The zero-order valence-electron chi connectivity index (χ0n) is 9.11. The lowest BCUT2D eigenvalue weighted by molar-refractivity contribution is 0.629. The van der Waals surface area contributed by atoms with Crippen molar-refractivity contribution in [2.75, 3.05) is 11.5 Å². The number of hydrogen-bond donors (Lipinski definition) is 2. The number of rotatable bonds is 0. The largest absolute Gasteiger partial charge is 0.396 e. The first kappa shape index (κ1) is 12.1. The fourth-order valence-corrected chi connectivity index (χ4v) is 1.41. The summed E-state index contributed by atoms with van der Waals surface area (Å²) in [6, 6.07) is 2.87. The molecule has 0 atom stereocenters. The van der Waals surface area contributed by atoms with Gasteiger partial charge in [0.25, 0.3) is 0 Å². The topological polar surface area (TPSA) is 77.8 Å². The van der Waals surface area contributed by atoms with Gasteiger partial charge in [-0.2, -0.15) is 0 Å². The average Bonchev–Trinajstić information content (AvgIpc) is 2.36. The molecule has 0 aliphatic heterocycles. The van der Waals surface area contributed by atoms with Crippen molar-refractivity contribution in [3.05, 3.63) is 46.5 Å². The van der Waals surface area contributed by atoms with Crippen LogP contribution in [0.25, 0.3) is 0 Å². The minimum absolute atomic E-state index is 0.00254. The maximum absolute atomic E-state index is 13.7. The van der Waals surface area contributed by atoms with Crippen LogP contribution in [0.2, 0.25) is 5.02 Å². The Morgan fingerprint density at radius 2 is 1.78 bits per heavy atom. The van der Waals surface area contributed by atoms with E-state index in [4.69, 9.17) is 23.1 Å². The van der Waals surface area contributed by atoms with Crippen LogP contribution in [0.3, 0.4) is 0 Å². The Hall–Kier alpha value is -2.32. The summed E-state index contributed by atoms with van der Waals surface area (Å²) in [6.45, 7) is 0. The number of nitrogens with two attached hydrogens (primary N) is 2. The van der Waals surface area contributed by atoms with Gasteiger partial charge in [0.05, 0.1) is 21.8 Å². The maximum atomic E-state index is 13.7. The Morgan fingerprint density at radius 1 is 1.11 bits per heavy atom. The molecule has 6 heteroatoms. The maximum Gasteiger partial charge on any atom is 0.219 e. The van der Waals surface area contributed by atoms with Crippen LogP contribution in [0.15, 0.2) is 24.5 Å². The molecule has 0 bridgehead atoms. The number of nitrogen functional groups attached to an aromatic ring is 2. The van der Waals surface area contributed by atoms with Crippen LogP contribution in [0.1, 0.15) is 11.1 Å². The molecule has 0 radical (unpaired) electrons. The highest BCUT2D eigenvalue weighted by Gasteiger charge is 2.07. The Morgan fingerprint density at radius 3 is 2.44 bits per heavy atom. The average molecular weight is 263 g/mol. The third-order valence-corrected chi connectivity index (χ3v) is 2.44. The van der Waals surface area contributed by atoms with Crippen molar-refractivity contribution in [2.24, 2.45) is 0 Å². The van der Waals surface area contributed by atoms with E-state index in [-0.39, 0.29) is 22.2 Å². The van der Waals surface area contributed by atoms with E-state index >= 15 is 0 Å². The van der Waals surface area contributed by atoms with E-state index < -0.39 is 5.82 Å². The first-order chi connectivity index (χ1) is 8.58. The van der Waals surface area contributed by atoms with Crippen molar-refractivity contribution in [1.29, 1.82) is 0 Å². The van der Waals surface area contributed by atoms with Gasteiger partial charge in [-0.05, 0) is 12.1 Å². The van der Waals surface area contributed by atoms with Crippen LogP contribution in [-0.4, -0.2) is 9.97 Å². The molecule has 0 spiro atoms. The molecule has 0 amide bonds. The van der Waals surface area contributed by atoms with Crippen molar-refractivity contribution in [2.45, 2.75) is 0 Å². The second-order valence-electron chi connectivity index (χ2n) is 3.41. The van der Waals surface area contributed by atoms with Gasteiger partial charge in [-0.1, -0.05) is 23.4 Å². The second-order valence-corrected chi connectivity index (χ2v) is 3.81. The van der Waals surface area contributed by atoms with Gasteiger partial charge in [-0.25, -0.2) is 14.4 Å². The predicted molar refractivity (Wildman–Crippen MR) is 68.2 cm³/mol. The lowest BCUT2D eigenvalue weighted by Crippen LogP contribution is -1.95. The third kappa shape index (κ3) is 2.50. The molecule has 1 aromatic heterocycles. The number of benzene rings is 1. The first-order valence-electron chi connectivity index (χ1n) is 4.91. The smallest absolute Gasteiger partial charge is 0.219 e. The first-order valence-corrected chi connectivity index (χ1v) is 5.28. The van der Waals surface area contributed by atoms with Gasteiger partial charge in [0, 0.05) is 12.4 Å². The molecule has 0 saturated heterocycles. The van der Waals surface area contributed by atoms with Gasteiger partial charge < -0.3 is 11.5 Å². The van der Waals surface area contributed by atoms with Gasteiger partial charge in [0.1, 0.15) is 0 Å². The van der Waals surface area contributed by atoms with E-state index in [1.807, 2.05) is 0 Å². The number of hydrogen-bond acceptors (Lipinski definition) is 4. The van der Waals surface area contributed by atoms with E-state index in [1.165, 1.54) is 24.5 Å². The molecule has 0 saturated carbocycles. The molecule has 0 aliphatic rings. The van der Waals surface area contributed by atoms with Crippen LogP contribution >= 0.6 is 11.6 Å². The molecule has 0 unspecified atom stereocenters. The molecule has 4 N–H and O–H groups in total.